The Bertz CT molecular complexity index is 618. The monoisotopic (exact) mass is 306 g/mol. The molecule has 0 spiro atoms. The van der Waals surface area contributed by atoms with Crippen molar-refractivity contribution in [1.29, 1.82) is 0 Å². The minimum atomic E-state index is -0.927. The van der Waals surface area contributed by atoms with Gasteiger partial charge in [0.2, 0.25) is 0 Å². The number of aryl methyl sites for hydroxylation is 1. The second-order valence-corrected chi connectivity index (χ2v) is 5.47. The highest BCUT2D eigenvalue weighted by atomic mass is 19.1. The first kappa shape index (κ1) is 16.1. The molecule has 2 rings (SSSR count). The first-order valence-electron chi connectivity index (χ1n) is 7.08. The van der Waals surface area contributed by atoms with Gasteiger partial charge in [0.05, 0.1) is 0 Å². The molecule has 0 radical (unpaired) electrons. The van der Waals surface area contributed by atoms with E-state index < -0.39 is 12.1 Å². The Morgan fingerprint density at radius 1 is 1.55 bits per heavy atom. The van der Waals surface area contributed by atoms with Crippen LogP contribution in [0.2, 0.25) is 0 Å². The molecule has 1 aromatic carbocycles. The summed E-state index contributed by atoms with van der Waals surface area (Å²) >= 11 is 0. The molecule has 1 atom stereocenters. The summed E-state index contributed by atoms with van der Waals surface area (Å²) in [5.41, 5.74) is 5.71. The first-order valence-corrected chi connectivity index (χ1v) is 7.08. The van der Waals surface area contributed by atoms with Crippen LogP contribution < -0.4 is 10.5 Å². The van der Waals surface area contributed by atoms with Crippen molar-refractivity contribution in [1.82, 2.24) is 5.06 Å². The second kappa shape index (κ2) is 6.67. The molecule has 1 aromatic rings. The van der Waals surface area contributed by atoms with Crippen molar-refractivity contribution in [2.75, 3.05) is 0 Å². The molecular formula is C16H19FN2O3. The standard InChI is InChI=1S/C16H19FN2O3/c1-10-7-13(17)5-6-15(10)22-14-8-12(9-14)4-3-11(2)19(21)16(18)20/h5-7,11-12,14,21H,8-9H2,1-2H3,(H2,18,20)/t11?,12-,14+. The number of carbonyl (C=O) groups excluding carboxylic acids is 1. The van der Waals surface area contributed by atoms with Gasteiger partial charge in [0, 0.05) is 5.92 Å². The summed E-state index contributed by atoms with van der Waals surface area (Å²) in [5, 5.41) is 9.70. The van der Waals surface area contributed by atoms with Crippen LogP contribution >= 0.6 is 0 Å². The van der Waals surface area contributed by atoms with Crippen LogP contribution in [0.4, 0.5) is 9.18 Å². The largest absolute Gasteiger partial charge is 0.490 e. The van der Waals surface area contributed by atoms with Gasteiger partial charge in [0.15, 0.2) is 0 Å². The zero-order valence-corrected chi connectivity index (χ0v) is 12.5. The Kier molecular flexibility index (Phi) is 4.88. The Balaban J connectivity index is 1.82. The number of hydrogen-bond acceptors (Lipinski definition) is 3. The maximum absolute atomic E-state index is 13.0. The topological polar surface area (TPSA) is 75.8 Å². The smallest absolute Gasteiger partial charge is 0.339 e. The highest BCUT2D eigenvalue weighted by molar-refractivity contribution is 5.71. The number of amides is 2. The molecule has 6 heteroatoms. The Morgan fingerprint density at radius 3 is 2.82 bits per heavy atom. The number of rotatable bonds is 3. The van der Waals surface area contributed by atoms with Gasteiger partial charge in [0.1, 0.15) is 23.7 Å². The molecule has 2 amide bonds. The van der Waals surface area contributed by atoms with Crippen molar-refractivity contribution < 1.29 is 19.1 Å². The number of ether oxygens (including phenoxy) is 1. The van der Waals surface area contributed by atoms with Crippen LogP contribution in [-0.4, -0.2) is 28.4 Å². The third-order valence-corrected chi connectivity index (χ3v) is 3.61. The van der Waals surface area contributed by atoms with E-state index in [1.165, 1.54) is 12.1 Å². The fraction of sp³-hybridized carbons (Fsp3) is 0.438. The lowest BCUT2D eigenvalue weighted by atomic mass is 9.82. The summed E-state index contributed by atoms with van der Waals surface area (Å²) < 4.78 is 18.8. The molecule has 1 aliphatic carbocycles. The molecule has 1 fully saturated rings. The molecule has 22 heavy (non-hydrogen) atoms. The predicted octanol–water partition coefficient (Wildman–Crippen LogP) is 2.45. The number of nitrogens with two attached hydrogens (primary N) is 1. The highest BCUT2D eigenvalue weighted by Crippen LogP contribution is 2.32. The van der Waals surface area contributed by atoms with Gasteiger partial charge in [-0.2, -0.15) is 5.06 Å². The van der Waals surface area contributed by atoms with Gasteiger partial charge < -0.3 is 10.5 Å². The molecule has 0 aliphatic heterocycles. The number of primary amides is 1. The molecule has 0 bridgehead atoms. The SMILES string of the molecule is Cc1cc(F)ccc1O[C@H]1C[C@@H](C#CC(C)N(O)C(N)=O)C1. The summed E-state index contributed by atoms with van der Waals surface area (Å²) in [4.78, 5) is 10.8. The molecule has 1 unspecified atom stereocenters. The van der Waals surface area contributed by atoms with Gasteiger partial charge in [-0.1, -0.05) is 11.8 Å². The van der Waals surface area contributed by atoms with Crippen LogP contribution in [0.1, 0.15) is 25.3 Å². The van der Waals surface area contributed by atoms with E-state index in [4.69, 9.17) is 10.5 Å². The molecule has 1 aliphatic rings. The summed E-state index contributed by atoms with van der Waals surface area (Å²) in [6.45, 7) is 3.39. The van der Waals surface area contributed by atoms with Crippen molar-refractivity contribution in [3.63, 3.8) is 0 Å². The maximum atomic E-state index is 13.0. The predicted molar refractivity (Wildman–Crippen MR) is 78.7 cm³/mol. The molecular weight excluding hydrogens is 287 g/mol. The van der Waals surface area contributed by atoms with Crippen LogP contribution in [0.25, 0.3) is 0 Å². The third-order valence-electron chi connectivity index (χ3n) is 3.61. The second-order valence-electron chi connectivity index (χ2n) is 5.47. The van der Waals surface area contributed by atoms with E-state index in [0.717, 1.165) is 18.4 Å². The average molecular weight is 306 g/mol. The van der Waals surface area contributed by atoms with Gasteiger partial charge in [-0.25, -0.2) is 9.18 Å². The lowest BCUT2D eigenvalue weighted by Gasteiger charge is -2.32. The summed E-state index contributed by atoms with van der Waals surface area (Å²) in [6, 6.07) is 2.87. The molecule has 0 heterocycles. The van der Waals surface area contributed by atoms with E-state index in [9.17, 15) is 14.4 Å². The van der Waals surface area contributed by atoms with E-state index >= 15 is 0 Å². The Labute approximate surface area is 128 Å². The molecule has 1 saturated carbocycles. The number of hydroxylamine groups is 2. The third kappa shape index (κ3) is 3.89. The van der Waals surface area contributed by atoms with Crippen molar-refractivity contribution in [2.24, 2.45) is 11.7 Å². The Morgan fingerprint density at radius 2 is 2.23 bits per heavy atom. The Hall–Kier alpha value is -2.26. The summed E-state index contributed by atoms with van der Waals surface area (Å²) in [7, 11) is 0. The van der Waals surface area contributed by atoms with E-state index in [1.807, 2.05) is 0 Å². The van der Waals surface area contributed by atoms with Crippen LogP contribution in [0.3, 0.4) is 0 Å². The number of halogens is 1. The molecule has 5 nitrogen and oxygen atoms in total. The van der Waals surface area contributed by atoms with E-state index in [-0.39, 0.29) is 17.8 Å². The average Bonchev–Trinajstić information content (AvgIpc) is 2.41. The normalized spacial score (nSPS) is 21.1. The van der Waals surface area contributed by atoms with Gasteiger partial charge in [0.25, 0.3) is 0 Å². The first-order chi connectivity index (χ1) is 10.4. The van der Waals surface area contributed by atoms with Gasteiger partial charge in [-0.05, 0) is 50.5 Å². The molecule has 118 valence electrons. The lowest BCUT2D eigenvalue weighted by Crippen LogP contribution is -2.39. The van der Waals surface area contributed by atoms with E-state index in [0.29, 0.717) is 10.8 Å². The summed E-state index contributed by atoms with van der Waals surface area (Å²) in [6.07, 6.45) is 1.58. The molecule has 3 N–H and O–H groups in total. The zero-order valence-electron chi connectivity index (χ0n) is 12.5. The van der Waals surface area contributed by atoms with Crippen molar-refractivity contribution in [3.8, 4) is 17.6 Å². The summed E-state index contributed by atoms with van der Waals surface area (Å²) in [5.74, 6) is 6.35. The highest BCUT2D eigenvalue weighted by Gasteiger charge is 2.30. The minimum absolute atomic E-state index is 0.0557. The number of urea groups is 1. The molecule has 0 saturated heterocycles. The minimum Gasteiger partial charge on any atom is -0.490 e. The van der Waals surface area contributed by atoms with Crippen LogP contribution in [-0.2, 0) is 0 Å². The number of carbonyl (C=O) groups is 1. The fourth-order valence-electron chi connectivity index (χ4n) is 2.19. The quantitative estimate of drug-likeness (QED) is 0.511. The van der Waals surface area contributed by atoms with Gasteiger partial charge >= 0.3 is 6.03 Å². The fourth-order valence-corrected chi connectivity index (χ4v) is 2.19. The van der Waals surface area contributed by atoms with Crippen LogP contribution in [0.15, 0.2) is 18.2 Å². The van der Waals surface area contributed by atoms with Crippen molar-refractivity contribution in [2.45, 2.75) is 38.8 Å². The maximum Gasteiger partial charge on any atom is 0.339 e. The van der Waals surface area contributed by atoms with Crippen LogP contribution in [0, 0.1) is 30.5 Å². The van der Waals surface area contributed by atoms with Crippen molar-refractivity contribution in [3.05, 3.63) is 29.6 Å². The van der Waals surface area contributed by atoms with Crippen molar-refractivity contribution >= 4 is 6.03 Å². The number of benzene rings is 1. The van der Waals surface area contributed by atoms with Crippen LogP contribution in [0.5, 0.6) is 5.75 Å². The lowest BCUT2D eigenvalue weighted by molar-refractivity contribution is -0.0537. The van der Waals surface area contributed by atoms with Gasteiger partial charge in [-0.3, -0.25) is 5.21 Å². The van der Waals surface area contributed by atoms with E-state index in [1.54, 1.807) is 19.9 Å². The molecule has 0 aromatic heterocycles. The van der Waals surface area contributed by atoms with E-state index in [2.05, 4.69) is 11.8 Å². The zero-order chi connectivity index (χ0) is 16.3. The van der Waals surface area contributed by atoms with Gasteiger partial charge in [-0.15, -0.1) is 0 Å². The number of nitrogens with zero attached hydrogens (tertiary/aromatic N) is 1. The number of hydrogen-bond donors (Lipinski definition) is 2.